The van der Waals surface area contributed by atoms with Gasteiger partial charge in [-0.2, -0.15) is 8.78 Å². The molecule has 0 aliphatic heterocycles. The fraction of sp³-hybridized carbons (Fsp3) is 0.154. The van der Waals surface area contributed by atoms with Crippen LogP contribution in [0.4, 0.5) is 8.78 Å². The summed E-state index contributed by atoms with van der Waals surface area (Å²) >= 11 is 4.72. The summed E-state index contributed by atoms with van der Waals surface area (Å²) in [6, 6.07) is 7.68. The molecular weight excluding hydrogens is 338 g/mol. The van der Waals surface area contributed by atoms with E-state index in [9.17, 15) is 13.6 Å². The molecule has 2 nitrogen and oxygen atoms in total. The minimum absolute atomic E-state index is 0.107. The number of carbonyl (C=O) groups is 1. The Morgan fingerprint density at radius 3 is 2.58 bits per heavy atom. The monoisotopic (exact) mass is 346 g/mol. The molecule has 100 valence electrons. The number of carbonyl (C=O) groups excluding carboxylic acids is 1. The summed E-state index contributed by atoms with van der Waals surface area (Å²) in [4.78, 5) is 13.2. The lowest BCUT2D eigenvalue weighted by atomic mass is 10.0. The number of rotatable bonds is 4. The van der Waals surface area contributed by atoms with Gasteiger partial charge in [0, 0.05) is 10.4 Å². The number of halogens is 3. The topological polar surface area (TPSA) is 26.3 Å². The average Bonchev–Trinajstić information content (AvgIpc) is 2.67. The number of alkyl halides is 2. The zero-order valence-corrected chi connectivity index (χ0v) is 12.2. The molecule has 1 aromatic carbocycles. The summed E-state index contributed by atoms with van der Waals surface area (Å²) < 4.78 is 29.8. The minimum Gasteiger partial charge on any atom is -0.434 e. The third-order valence-corrected chi connectivity index (χ3v) is 4.03. The zero-order valence-electron chi connectivity index (χ0n) is 9.82. The van der Waals surface area contributed by atoms with Crippen LogP contribution < -0.4 is 4.74 Å². The fourth-order valence-electron chi connectivity index (χ4n) is 1.67. The number of benzene rings is 1. The lowest BCUT2D eigenvalue weighted by molar-refractivity contribution is -0.0501. The molecule has 1 heterocycles. The maximum Gasteiger partial charge on any atom is 0.387 e. The van der Waals surface area contributed by atoms with Crippen LogP contribution >= 0.6 is 27.3 Å². The first kappa shape index (κ1) is 14.1. The number of para-hydroxylation sites is 1. The Kier molecular flexibility index (Phi) is 4.31. The van der Waals surface area contributed by atoms with Crippen molar-refractivity contribution in [3.8, 4) is 5.75 Å². The maximum atomic E-state index is 12.3. The second kappa shape index (κ2) is 5.79. The van der Waals surface area contributed by atoms with E-state index in [1.165, 1.54) is 23.5 Å². The van der Waals surface area contributed by atoms with E-state index in [-0.39, 0.29) is 17.1 Å². The van der Waals surface area contributed by atoms with E-state index in [2.05, 4.69) is 20.7 Å². The number of aryl methyl sites for hydroxylation is 1. The summed E-state index contributed by atoms with van der Waals surface area (Å²) in [5.41, 5.74) is 0.624. The third-order valence-electron chi connectivity index (χ3n) is 2.48. The quantitative estimate of drug-likeness (QED) is 0.753. The molecule has 0 aliphatic carbocycles. The third kappa shape index (κ3) is 3.19. The van der Waals surface area contributed by atoms with Crippen molar-refractivity contribution in [1.82, 2.24) is 0 Å². The molecule has 19 heavy (non-hydrogen) atoms. The SMILES string of the molecule is Cc1sc(Br)cc1C(=O)c1ccccc1OC(F)F. The number of ether oxygens (including phenoxy) is 1. The van der Waals surface area contributed by atoms with Gasteiger partial charge in [0.05, 0.1) is 9.35 Å². The summed E-state index contributed by atoms with van der Waals surface area (Å²) in [5, 5.41) is 0. The van der Waals surface area contributed by atoms with Gasteiger partial charge in [-0.05, 0) is 41.1 Å². The predicted octanol–water partition coefficient (Wildman–Crippen LogP) is 4.65. The van der Waals surface area contributed by atoms with Crippen LogP contribution in [0.25, 0.3) is 0 Å². The number of thiophene rings is 1. The largest absolute Gasteiger partial charge is 0.434 e. The minimum atomic E-state index is -2.95. The van der Waals surface area contributed by atoms with Gasteiger partial charge >= 0.3 is 6.61 Å². The highest BCUT2D eigenvalue weighted by atomic mass is 79.9. The number of hydrogen-bond donors (Lipinski definition) is 0. The molecule has 0 atom stereocenters. The molecule has 0 amide bonds. The lowest BCUT2D eigenvalue weighted by Crippen LogP contribution is -2.08. The van der Waals surface area contributed by atoms with Crippen LogP contribution in [0.15, 0.2) is 34.1 Å². The van der Waals surface area contributed by atoms with E-state index in [1.54, 1.807) is 25.1 Å². The second-order valence-electron chi connectivity index (χ2n) is 3.72. The van der Waals surface area contributed by atoms with Crippen molar-refractivity contribution in [2.24, 2.45) is 0 Å². The van der Waals surface area contributed by atoms with Crippen molar-refractivity contribution in [2.75, 3.05) is 0 Å². The van der Waals surface area contributed by atoms with Gasteiger partial charge in [-0.25, -0.2) is 0 Å². The standard InChI is InChI=1S/C13H9BrF2O2S/c1-7-9(6-11(14)19-7)12(17)8-4-2-3-5-10(8)18-13(15)16/h2-6,13H,1H3. The van der Waals surface area contributed by atoms with E-state index in [1.807, 2.05) is 0 Å². The van der Waals surface area contributed by atoms with Crippen molar-refractivity contribution in [2.45, 2.75) is 13.5 Å². The van der Waals surface area contributed by atoms with Gasteiger partial charge in [0.1, 0.15) is 5.75 Å². The number of hydrogen-bond acceptors (Lipinski definition) is 3. The molecule has 0 spiro atoms. The first-order chi connectivity index (χ1) is 8.99. The molecule has 0 bridgehead atoms. The van der Waals surface area contributed by atoms with Gasteiger partial charge in [-0.1, -0.05) is 12.1 Å². The van der Waals surface area contributed by atoms with E-state index < -0.39 is 6.61 Å². The van der Waals surface area contributed by atoms with Gasteiger partial charge in [-0.3, -0.25) is 4.79 Å². The first-order valence-corrected chi connectivity index (χ1v) is 6.94. The van der Waals surface area contributed by atoms with Gasteiger partial charge in [0.2, 0.25) is 0 Å². The predicted molar refractivity (Wildman–Crippen MR) is 73.3 cm³/mol. The highest BCUT2D eigenvalue weighted by Crippen LogP contribution is 2.30. The molecule has 0 N–H and O–H groups in total. The van der Waals surface area contributed by atoms with Gasteiger partial charge < -0.3 is 4.74 Å². The normalized spacial score (nSPS) is 10.8. The van der Waals surface area contributed by atoms with Crippen LogP contribution in [0.3, 0.4) is 0 Å². The van der Waals surface area contributed by atoms with Crippen molar-refractivity contribution >= 4 is 33.0 Å². The fourth-order valence-corrected chi connectivity index (χ4v) is 3.36. The maximum absolute atomic E-state index is 12.3. The second-order valence-corrected chi connectivity index (χ2v) is 6.36. The summed E-state index contributed by atoms with van der Waals surface area (Å²) in [6.07, 6.45) is 0. The van der Waals surface area contributed by atoms with Crippen LogP contribution in [0.2, 0.25) is 0 Å². The Labute approximate surface area is 121 Å². The summed E-state index contributed by atoms with van der Waals surface area (Å²) in [6.45, 7) is -1.15. The molecule has 2 rings (SSSR count). The van der Waals surface area contributed by atoms with Crippen molar-refractivity contribution < 1.29 is 18.3 Å². The highest BCUT2D eigenvalue weighted by Gasteiger charge is 2.19. The Hall–Kier alpha value is -1.27. The molecule has 0 aliphatic rings. The van der Waals surface area contributed by atoms with Crippen LogP contribution in [-0.2, 0) is 0 Å². The molecule has 0 fully saturated rings. The molecular formula is C13H9BrF2O2S. The van der Waals surface area contributed by atoms with Crippen molar-refractivity contribution in [3.05, 3.63) is 50.1 Å². The van der Waals surface area contributed by atoms with Crippen LogP contribution in [0.5, 0.6) is 5.75 Å². The first-order valence-electron chi connectivity index (χ1n) is 5.33. The lowest BCUT2D eigenvalue weighted by Gasteiger charge is -2.09. The van der Waals surface area contributed by atoms with Crippen molar-refractivity contribution in [3.63, 3.8) is 0 Å². The van der Waals surface area contributed by atoms with Crippen LogP contribution in [0, 0.1) is 6.92 Å². The molecule has 6 heteroatoms. The van der Waals surface area contributed by atoms with Crippen LogP contribution in [0.1, 0.15) is 20.8 Å². The molecule has 0 radical (unpaired) electrons. The van der Waals surface area contributed by atoms with Gasteiger partial charge in [0.15, 0.2) is 5.78 Å². The van der Waals surface area contributed by atoms with E-state index in [4.69, 9.17) is 0 Å². The summed E-state index contributed by atoms with van der Waals surface area (Å²) in [5.74, 6) is -0.431. The Balaban J connectivity index is 2.41. The molecule has 1 aromatic heterocycles. The zero-order chi connectivity index (χ0) is 14.0. The summed E-state index contributed by atoms with van der Waals surface area (Å²) in [7, 11) is 0. The average molecular weight is 347 g/mol. The van der Waals surface area contributed by atoms with E-state index in [0.29, 0.717) is 5.56 Å². The molecule has 2 aromatic rings. The molecule has 0 saturated heterocycles. The van der Waals surface area contributed by atoms with E-state index >= 15 is 0 Å². The highest BCUT2D eigenvalue weighted by molar-refractivity contribution is 9.11. The Morgan fingerprint density at radius 1 is 1.32 bits per heavy atom. The number of ketones is 1. The van der Waals surface area contributed by atoms with E-state index in [0.717, 1.165) is 8.66 Å². The molecule has 0 unspecified atom stereocenters. The van der Waals surface area contributed by atoms with Crippen molar-refractivity contribution in [1.29, 1.82) is 0 Å². The van der Waals surface area contributed by atoms with Gasteiger partial charge in [0.25, 0.3) is 0 Å². The smallest absolute Gasteiger partial charge is 0.387 e. The Morgan fingerprint density at radius 2 is 2.00 bits per heavy atom. The van der Waals surface area contributed by atoms with Gasteiger partial charge in [-0.15, -0.1) is 11.3 Å². The Bertz CT molecular complexity index is 610. The van der Waals surface area contributed by atoms with Crippen LogP contribution in [-0.4, -0.2) is 12.4 Å². The molecule has 0 saturated carbocycles.